The topological polar surface area (TPSA) is 62.7 Å². The lowest BCUT2D eigenvalue weighted by Crippen LogP contribution is -2.17. The summed E-state index contributed by atoms with van der Waals surface area (Å²) in [4.78, 5) is 14.8. The fourth-order valence-electron chi connectivity index (χ4n) is 3.12. The normalized spacial score (nSPS) is 14.6. The van der Waals surface area contributed by atoms with Crippen LogP contribution in [0.15, 0.2) is 48.1 Å². The quantitative estimate of drug-likeness (QED) is 0.681. The first kappa shape index (κ1) is 16.0. The van der Waals surface area contributed by atoms with Crippen LogP contribution in [0.1, 0.15) is 30.6 Å². The van der Waals surface area contributed by atoms with E-state index >= 15 is 0 Å². The summed E-state index contributed by atoms with van der Waals surface area (Å²) < 4.78 is 0. The number of hydrogen-bond acceptors (Lipinski definition) is 6. The molecule has 0 radical (unpaired) electrons. The first-order valence-corrected chi connectivity index (χ1v) is 9.57. The zero-order valence-electron chi connectivity index (χ0n) is 14.0. The summed E-state index contributed by atoms with van der Waals surface area (Å²) in [5.41, 5.74) is 1.96. The first-order chi connectivity index (χ1) is 12.4. The molecule has 0 unspecified atom stereocenters. The number of nitrogens with zero attached hydrogens (tertiary/aromatic N) is 3. The van der Waals surface area contributed by atoms with Gasteiger partial charge in [0.05, 0.1) is 12.2 Å². The summed E-state index contributed by atoms with van der Waals surface area (Å²) in [6.07, 6.45) is 8.54. The minimum Gasteiger partial charge on any atom is -0.365 e. The molecule has 0 aliphatic heterocycles. The number of pyridine rings is 1. The minimum absolute atomic E-state index is 0.484. The standard InChI is InChI=1S/C19H21N5S/c1-2-5-15(4-1)22-19-23-17(14-7-9-20-10-8-14)12-18(24-19)21-13-16-6-3-11-25-16/h3,6-12,15H,1-2,4-5,13H2,(H2,21,22,23,24). The minimum atomic E-state index is 0.484. The fourth-order valence-corrected chi connectivity index (χ4v) is 3.76. The van der Waals surface area contributed by atoms with E-state index in [1.165, 1.54) is 30.6 Å². The summed E-state index contributed by atoms with van der Waals surface area (Å²) in [6, 6.07) is 10.6. The van der Waals surface area contributed by atoms with Crippen LogP contribution in [0.25, 0.3) is 11.3 Å². The molecule has 0 spiro atoms. The van der Waals surface area contributed by atoms with Gasteiger partial charge >= 0.3 is 0 Å². The van der Waals surface area contributed by atoms with Gasteiger partial charge in [0.25, 0.3) is 0 Å². The molecule has 3 heterocycles. The van der Waals surface area contributed by atoms with Crippen molar-refractivity contribution in [2.75, 3.05) is 10.6 Å². The Balaban J connectivity index is 1.59. The van der Waals surface area contributed by atoms with Crippen LogP contribution in [0.2, 0.25) is 0 Å². The molecule has 0 bridgehead atoms. The Labute approximate surface area is 151 Å². The van der Waals surface area contributed by atoms with E-state index in [9.17, 15) is 0 Å². The van der Waals surface area contributed by atoms with Crippen molar-refractivity contribution in [3.05, 3.63) is 53.0 Å². The zero-order valence-corrected chi connectivity index (χ0v) is 14.8. The third kappa shape index (κ3) is 4.14. The van der Waals surface area contributed by atoms with Crippen LogP contribution in [0.5, 0.6) is 0 Å². The lowest BCUT2D eigenvalue weighted by atomic mass is 10.2. The maximum Gasteiger partial charge on any atom is 0.225 e. The van der Waals surface area contributed by atoms with Gasteiger partial charge in [-0.05, 0) is 36.4 Å². The number of anilines is 2. The average Bonchev–Trinajstić information content (AvgIpc) is 3.34. The van der Waals surface area contributed by atoms with Gasteiger partial charge in [-0.3, -0.25) is 4.98 Å². The third-order valence-electron chi connectivity index (χ3n) is 4.41. The number of rotatable bonds is 6. The molecule has 1 aliphatic rings. The van der Waals surface area contributed by atoms with E-state index in [4.69, 9.17) is 4.98 Å². The smallest absolute Gasteiger partial charge is 0.225 e. The van der Waals surface area contributed by atoms with Crippen LogP contribution in [-0.2, 0) is 6.54 Å². The van der Waals surface area contributed by atoms with E-state index in [-0.39, 0.29) is 0 Å². The Hall–Kier alpha value is -2.47. The predicted octanol–water partition coefficient (Wildman–Crippen LogP) is 4.57. The maximum atomic E-state index is 4.72. The van der Waals surface area contributed by atoms with Gasteiger partial charge in [-0.2, -0.15) is 4.98 Å². The Morgan fingerprint density at radius 1 is 1.08 bits per heavy atom. The molecule has 0 atom stereocenters. The first-order valence-electron chi connectivity index (χ1n) is 8.69. The second-order valence-electron chi connectivity index (χ2n) is 6.26. The van der Waals surface area contributed by atoms with Gasteiger partial charge < -0.3 is 10.6 Å². The molecule has 0 saturated heterocycles. The molecular formula is C19H21N5S. The molecular weight excluding hydrogens is 330 g/mol. The molecule has 3 aromatic heterocycles. The van der Waals surface area contributed by atoms with Gasteiger partial charge in [-0.25, -0.2) is 4.98 Å². The van der Waals surface area contributed by atoms with Gasteiger partial charge in [0.1, 0.15) is 5.82 Å². The highest BCUT2D eigenvalue weighted by atomic mass is 32.1. The van der Waals surface area contributed by atoms with E-state index in [1.54, 1.807) is 23.7 Å². The second kappa shape index (κ2) is 7.61. The molecule has 4 rings (SSSR count). The van der Waals surface area contributed by atoms with E-state index < -0.39 is 0 Å². The summed E-state index contributed by atoms with van der Waals surface area (Å²) in [5, 5.41) is 9.03. The van der Waals surface area contributed by atoms with Crippen LogP contribution in [0.4, 0.5) is 11.8 Å². The van der Waals surface area contributed by atoms with E-state index in [0.29, 0.717) is 12.0 Å². The van der Waals surface area contributed by atoms with Crippen molar-refractivity contribution in [2.45, 2.75) is 38.3 Å². The van der Waals surface area contributed by atoms with Crippen molar-refractivity contribution in [1.29, 1.82) is 0 Å². The zero-order chi connectivity index (χ0) is 16.9. The van der Waals surface area contributed by atoms with Crippen molar-refractivity contribution in [2.24, 2.45) is 0 Å². The molecule has 25 heavy (non-hydrogen) atoms. The third-order valence-corrected chi connectivity index (χ3v) is 5.29. The van der Waals surface area contributed by atoms with E-state index in [0.717, 1.165) is 23.6 Å². The predicted molar refractivity (Wildman–Crippen MR) is 103 cm³/mol. The van der Waals surface area contributed by atoms with Crippen LogP contribution < -0.4 is 10.6 Å². The molecule has 1 fully saturated rings. The second-order valence-corrected chi connectivity index (χ2v) is 7.29. The average molecular weight is 351 g/mol. The Morgan fingerprint density at radius 2 is 1.92 bits per heavy atom. The van der Waals surface area contributed by atoms with Gasteiger partial charge in [0.2, 0.25) is 5.95 Å². The lowest BCUT2D eigenvalue weighted by Gasteiger charge is -2.14. The molecule has 5 nitrogen and oxygen atoms in total. The lowest BCUT2D eigenvalue weighted by molar-refractivity contribution is 0.744. The van der Waals surface area contributed by atoms with Gasteiger partial charge in [0.15, 0.2) is 0 Å². The van der Waals surface area contributed by atoms with E-state index in [1.807, 2.05) is 18.2 Å². The number of thiophene rings is 1. The van der Waals surface area contributed by atoms with Crippen LogP contribution in [0.3, 0.4) is 0 Å². The Bertz CT molecular complexity index is 798. The molecule has 0 amide bonds. The van der Waals surface area contributed by atoms with Crippen molar-refractivity contribution in [3.63, 3.8) is 0 Å². The van der Waals surface area contributed by atoms with Crippen molar-refractivity contribution in [1.82, 2.24) is 15.0 Å². The van der Waals surface area contributed by atoms with Crippen molar-refractivity contribution < 1.29 is 0 Å². The molecule has 2 N–H and O–H groups in total. The largest absolute Gasteiger partial charge is 0.365 e. The number of nitrogens with one attached hydrogen (secondary N) is 2. The molecule has 3 aromatic rings. The molecule has 1 saturated carbocycles. The molecule has 6 heteroatoms. The van der Waals surface area contributed by atoms with Crippen LogP contribution in [-0.4, -0.2) is 21.0 Å². The summed E-state index contributed by atoms with van der Waals surface area (Å²) in [6.45, 7) is 0.771. The highest BCUT2D eigenvalue weighted by Crippen LogP contribution is 2.25. The fraction of sp³-hybridized carbons (Fsp3) is 0.316. The molecule has 0 aromatic carbocycles. The van der Waals surface area contributed by atoms with E-state index in [2.05, 4.69) is 38.1 Å². The molecule has 128 valence electrons. The summed E-state index contributed by atoms with van der Waals surface area (Å²) in [5.74, 6) is 1.55. The summed E-state index contributed by atoms with van der Waals surface area (Å²) in [7, 11) is 0. The number of hydrogen-bond donors (Lipinski definition) is 2. The van der Waals surface area contributed by atoms with Crippen molar-refractivity contribution in [3.8, 4) is 11.3 Å². The molecule has 1 aliphatic carbocycles. The van der Waals surface area contributed by atoms with Gasteiger partial charge in [-0.1, -0.05) is 18.9 Å². The van der Waals surface area contributed by atoms with Crippen LogP contribution in [0, 0.1) is 0 Å². The highest BCUT2D eigenvalue weighted by molar-refractivity contribution is 7.09. The summed E-state index contributed by atoms with van der Waals surface area (Å²) >= 11 is 1.74. The maximum absolute atomic E-state index is 4.72. The van der Waals surface area contributed by atoms with Gasteiger partial charge in [-0.15, -0.1) is 11.3 Å². The van der Waals surface area contributed by atoms with Crippen LogP contribution >= 0.6 is 11.3 Å². The van der Waals surface area contributed by atoms with Gasteiger partial charge in [0, 0.05) is 34.9 Å². The number of aromatic nitrogens is 3. The monoisotopic (exact) mass is 351 g/mol. The Morgan fingerprint density at radius 3 is 2.68 bits per heavy atom. The highest BCUT2D eigenvalue weighted by Gasteiger charge is 2.16. The van der Waals surface area contributed by atoms with Crippen molar-refractivity contribution >= 4 is 23.1 Å². The Kier molecular flexibility index (Phi) is 4.88. The SMILES string of the molecule is c1csc(CNc2cc(-c3ccncc3)nc(NC3CCCC3)n2)c1.